The van der Waals surface area contributed by atoms with Crippen LogP contribution in [0.2, 0.25) is 0 Å². The van der Waals surface area contributed by atoms with E-state index < -0.39 is 0 Å². The molecule has 0 saturated carbocycles. The first kappa shape index (κ1) is 12.7. The van der Waals surface area contributed by atoms with Crippen molar-refractivity contribution in [3.8, 4) is 0 Å². The van der Waals surface area contributed by atoms with Crippen molar-refractivity contribution in [2.45, 2.75) is 26.3 Å². The number of rotatable bonds is 4. The van der Waals surface area contributed by atoms with E-state index in [0.717, 1.165) is 10.9 Å². The van der Waals surface area contributed by atoms with Gasteiger partial charge in [0.25, 0.3) is 0 Å². The van der Waals surface area contributed by atoms with Crippen molar-refractivity contribution in [1.82, 2.24) is 0 Å². The Labute approximate surface area is 100 Å². The van der Waals surface area contributed by atoms with Gasteiger partial charge in [-0.3, -0.25) is 0 Å². The van der Waals surface area contributed by atoms with Gasteiger partial charge in [-0.15, -0.1) is 0 Å². The third-order valence-electron chi connectivity index (χ3n) is 2.62. The van der Waals surface area contributed by atoms with Crippen LogP contribution < -0.4 is 11.5 Å². The maximum Gasteiger partial charge on any atom is 0.0300 e. The van der Waals surface area contributed by atoms with Gasteiger partial charge in [0, 0.05) is 10.5 Å². The average molecular weight is 271 g/mol. The van der Waals surface area contributed by atoms with Crippen molar-refractivity contribution >= 4 is 15.9 Å². The van der Waals surface area contributed by atoms with E-state index in [-0.39, 0.29) is 11.5 Å². The molecule has 0 fully saturated rings. The molecule has 0 radical (unpaired) electrons. The lowest BCUT2D eigenvalue weighted by Crippen LogP contribution is -2.28. The second-order valence-corrected chi connectivity index (χ2v) is 5.65. The van der Waals surface area contributed by atoms with Crippen LogP contribution in [0.5, 0.6) is 0 Å². The first-order valence-corrected chi connectivity index (χ1v) is 5.95. The predicted octanol–water partition coefficient (Wildman–Crippen LogP) is 2.82. The Bertz CT molecular complexity index is 306. The monoisotopic (exact) mass is 270 g/mol. The summed E-state index contributed by atoms with van der Waals surface area (Å²) in [7, 11) is 0. The highest BCUT2D eigenvalue weighted by Gasteiger charge is 2.20. The molecule has 0 aliphatic rings. The number of hydrogen-bond acceptors (Lipinski definition) is 2. The number of benzene rings is 1. The molecule has 84 valence electrons. The summed E-state index contributed by atoms with van der Waals surface area (Å²) in [6.07, 6.45) is 0.908. The molecule has 0 spiro atoms. The fourth-order valence-electron chi connectivity index (χ4n) is 1.51. The van der Waals surface area contributed by atoms with Crippen LogP contribution in [0, 0.1) is 5.41 Å². The van der Waals surface area contributed by atoms with Gasteiger partial charge >= 0.3 is 0 Å². The molecule has 1 unspecified atom stereocenters. The van der Waals surface area contributed by atoms with E-state index in [4.69, 9.17) is 11.5 Å². The van der Waals surface area contributed by atoms with Gasteiger partial charge in [-0.2, -0.15) is 0 Å². The minimum absolute atomic E-state index is 0.0663. The van der Waals surface area contributed by atoms with Gasteiger partial charge < -0.3 is 11.5 Å². The summed E-state index contributed by atoms with van der Waals surface area (Å²) in [4.78, 5) is 0. The molecule has 1 atom stereocenters. The SMILES string of the molecule is CC(C)(CN)CC(N)c1ccc(Br)cc1. The molecule has 1 aromatic carbocycles. The van der Waals surface area contributed by atoms with E-state index in [1.165, 1.54) is 5.56 Å². The molecule has 15 heavy (non-hydrogen) atoms. The van der Waals surface area contributed by atoms with Gasteiger partial charge in [0.15, 0.2) is 0 Å². The average Bonchev–Trinajstić information content (AvgIpc) is 2.18. The van der Waals surface area contributed by atoms with Gasteiger partial charge in [-0.25, -0.2) is 0 Å². The van der Waals surface area contributed by atoms with Crippen molar-refractivity contribution < 1.29 is 0 Å². The summed E-state index contributed by atoms with van der Waals surface area (Å²) in [6.45, 7) is 4.95. The lowest BCUT2D eigenvalue weighted by atomic mass is 9.84. The standard InChI is InChI=1S/C12H19BrN2/c1-12(2,8-14)7-11(15)9-3-5-10(13)6-4-9/h3-6,11H,7-8,14-15H2,1-2H3. The Morgan fingerprint density at radius 3 is 2.27 bits per heavy atom. The van der Waals surface area contributed by atoms with Crippen LogP contribution in [0.1, 0.15) is 31.9 Å². The van der Waals surface area contributed by atoms with Crippen molar-refractivity contribution in [2.75, 3.05) is 6.54 Å². The first-order chi connectivity index (χ1) is 6.94. The highest BCUT2D eigenvalue weighted by molar-refractivity contribution is 9.10. The minimum atomic E-state index is 0.0663. The lowest BCUT2D eigenvalue weighted by Gasteiger charge is -2.26. The number of hydrogen-bond donors (Lipinski definition) is 2. The quantitative estimate of drug-likeness (QED) is 0.884. The summed E-state index contributed by atoms with van der Waals surface area (Å²) in [6, 6.07) is 8.22. The van der Waals surface area contributed by atoms with Crippen LogP contribution in [-0.2, 0) is 0 Å². The van der Waals surface area contributed by atoms with Gasteiger partial charge in [-0.05, 0) is 36.1 Å². The molecular formula is C12H19BrN2. The number of nitrogens with two attached hydrogens (primary N) is 2. The molecule has 2 nitrogen and oxygen atoms in total. The summed E-state index contributed by atoms with van der Waals surface area (Å²) >= 11 is 3.41. The molecule has 1 rings (SSSR count). The van der Waals surface area contributed by atoms with E-state index in [0.29, 0.717) is 6.54 Å². The highest BCUT2D eigenvalue weighted by atomic mass is 79.9. The van der Waals surface area contributed by atoms with E-state index in [9.17, 15) is 0 Å². The molecular weight excluding hydrogens is 252 g/mol. The Balaban J connectivity index is 2.69. The first-order valence-electron chi connectivity index (χ1n) is 5.16. The maximum atomic E-state index is 6.14. The molecule has 3 heteroatoms. The van der Waals surface area contributed by atoms with E-state index in [1.807, 2.05) is 12.1 Å². The second kappa shape index (κ2) is 5.10. The van der Waals surface area contributed by atoms with Gasteiger partial charge in [0.05, 0.1) is 0 Å². The molecule has 0 amide bonds. The van der Waals surface area contributed by atoms with Crippen molar-refractivity contribution in [1.29, 1.82) is 0 Å². The topological polar surface area (TPSA) is 52.0 Å². The third kappa shape index (κ3) is 3.93. The van der Waals surface area contributed by atoms with Crippen molar-refractivity contribution in [2.24, 2.45) is 16.9 Å². The third-order valence-corrected chi connectivity index (χ3v) is 3.15. The Hall–Kier alpha value is -0.380. The minimum Gasteiger partial charge on any atom is -0.330 e. The van der Waals surface area contributed by atoms with Crippen LogP contribution in [-0.4, -0.2) is 6.54 Å². The van der Waals surface area contributed by atoms with Crippen LogP contribution in [0.4, 0.5) is 0 Å². The zero-order chi connectivity index (χ0) is 11.5. The van der Waals surface area contributed by atoms with Crippen LogP contribution >= 0.6 is 15.9 Å². The van der Waals surface area contributed by atoms with E-state index >= 15 is 0 Å². The van der Waals surface area contributed by atoms with Gasteiger partial charge in [0.1, 0.15) is 0 Å². The molecule has 1 aromatic rings. The van der Waals surface area contributed by atoms with Gasteiger partial charge in [-0.1, -0.05) is 41.9 Å². The fourth-order valence-corrected chi connectivity index (χ4v) is 1.77. The molecule has 0 bridgehead atoms. The largest absolute Gasteiger partial charge is 0.330 e. The van der Waals surface area contributed by atoms with Crippen LogP contribution in [0.15, 0.2) is 28.7 Å². The molecule has 0 saturated heterocycles. The molecule has 0 aliphatic heterocycles. The zero-order valence-electron chi connectivity index (χ0n) is 9.33. The summed E-state index contributed by atoms with van der Waals surface area (Å²) < 4.78 is 1.08. The second-order valence-electron chi connectivity index (χ2n) is 4.73. The van der Waals surface area contributed by atoms with Gasteiger partial charge in [0.2, 0.25) is 0 Å². The number of halogens is 1. The predicted molar refractivity (Wildman–Crippen MR) is 68.5 cm³/mol. The molecule has 4 N–H and O–H groups in total. The molecule has 0 aromatic heterocycles. The molecule has 0 aliphatic carbocycles. The molecule has 0 heterocycles. The van der Waals surface area contributed by atoms with Crippen LogP contribution in [0.3, 0.4) is 0 Å². The van der Waals surface area contributed by atoms with Crippen LogP contribution in [0.25, 0.3) is 0 Å². The normalized spacial score (nSPS) is 13.9. The summed E-state index contributed by atoms with van der Waals surface area (Å²) in [5.74, 6) is 0. The van der Waals surface area contributed by atoms with E-state index in [2.05, 4.69) is 41.9 Å². The van der Waals surface area contributed by atoms with E-state index in [1.54, 1.807) is 0 Å². The maximum absolute atomic E-state index is 6.14. The lowest BCUT2D eigenvalue weighted by molar-refractivity contribution is 0.317. The highest BCUT2D eigenvalue weighted by Crippen LogP contribution is 2.27. The Kier molecular flexibility index (Phi) is 4.32. The summed E-state index contributed by atoms with van der Waals surface area (Å²) in [5, 5.41) is 0. The Morgan fingerprint density at radius 1 is 1.27 bits per heavy atom. The van der Waals surface area contributed by atoms with Crippen molar-refractivity contribution in [3.05, 3.63) is 34.3 Å². The Morgan fingerprint density at radius 2 is 1.80 bits per heavy atom. The zero-order valence-corrected chi connectivity index (χ0v) is 10.9. The fraction of sp³-hybridized carbons (Fsp3) is 0.500. The summed E-state index contributed by atoms with van der Waals surface area (Å²) in [5.41, 5.74) is 13.1. The smallest absolute Gasteiger partial charge is 0.0300 e. The van der Waals surface area contributed by atoms with Crippen molar-refractivity contribution in [3.63, 3.8) is 0 Å².